The molecule has 1 aliphatic carbocycles. The summed E-state index contributed by atoms with van der Waals surface area (Å²) < 4.78 is 13.1. The van der Waals surface area contributed by atoms with Crippen molar-refractivity contribution < 1.29 is 24.2 Å². The Kier molecular flexibility index (Phi) is 7.28. The molecule has 0 radical (unpaired) electrons. The van der Waals surface area contributed by atoms with Crippen molar-refractivity contribution in [3.8, 4) is 17.1 Å². The van der Waals surface area contributed by atoms with Crippen molar-refractivity contribution in [3.63, 3.8) is 0 Å². The van der Waals surface area contributed by atoms with Crippen molar-refractivity contribution in [3.05, 3.63) is 59.4 Å². The van der Waals surface area contributed by atoms with Crippen LogP contribution in [0.3, 0.4) is 0 Å². The summed E-state index contributed by atoms with van der Waals surface area (Å²) in [6.45, 7) is 2.26. The van der Waals surface area contributed by atoms with Crippen molar-refractivity contribution in [2.24, 2.45) is 13.0 Å². The Labute approximate surface area is 203 Å². The zero-order chi connectivity index (χ0) is 24.9. The highest BCUT2D eigenvalue weighted by Gasteiger charge is 2.31. The van der Waals surface area contributed by atoms with Crippen LogP contribution in [0.1, 0.15) is 36.2 Å². The molecule has 1 unspecified atom stereocenters. The monoisotopic (exact) mass is 479 g/mol. The molecule has 1 aliphatic rings. The number of nitrogens with zero attached hydrogens (tertiary/aromatic N) is 5. The van der Waals surface area contributed by atoms with Gasteiger partial charge in [0.1, 0.15) is 23.7 Å². The highest BCUT2D eigenvalue weighted by molar-refractivity contribution is 5.70. The molecule has 1 fully saturated rings. The smallest absolute Gasteiger partial charge is 0.410 e. The summed E-state index contributed by atoms with van der Waals surface area (Å²) in [5.74, 6) is -0.517. The van der Waals surface area contributed by atoms with E-state index in [0.717, 1.165) is 5.56 Å². The molecule has 0 bridgehead atoms. The highest BCUT2D eigenvalue weighted by atomic mass is 16.6. The second-order valence-corrected chi connectivity index (χ2v) is 8.77. The minimum absolute atomic E-state index is 0.00553. The van der Waals surface area contributed by atoms with Crippen LogP contribution < -0.4 is 4.74 Å². The number of aromatic nitrogens is 4. The molecule has 35 heavy (non-hydrogen) atoms. The number of benzene rings is 1. The molecule has 1 amide bonds. The molecule has 10 nitrogen and oxygen atoms in total. The number of aliphatic carboxylic acids is 1. The number of aryl methyl sites for hydroxylation is 2. The van der Waals surface area contributed by atoms with E-state index in [1.807, 2.05) is 43.3 Å². The summed E-state index contributed by atoms with van der Waals surface area (Å²) in [5.41, 5.74) is 3.39. The van der Waals surface area contributed by atoms with Gasteiger partial charge in [0.2, 0.25) is 0 Å². The molecule has 3 aromatic rings. The van der Waals surface area contributed by atoms with Crippen LogP contribution in [-0.2, 0) is 29.7 Å². The van der Waals surface area contributed by atoms with Gasteiger partial charge in [-0.05, 0) is 43.9 Å². The van der Waals surface area contributed by atoms with Crippen LogP contribution in [0.15, 0.2) is 42.5 Å². The standard InChI is InChI=1S/C25H29N5O5/c1-16-22(35-19-10-9-18(13-19)24(31)32)12-11-20(26-16)23-21(30(3)28-27-23)15-34-25(33)29(2)14-17-7-5-4-6-8-17/h4-8,11-12,18-19H,9-10,13-15H2,1-3H3,(H,31,32)/t18-,19?/m0/s1. The number of carboxylic acid groups (broad SMARTS) is 1. The number of carboxylic acids is 1. The van der Waals surface area contributed by atoms with E-state index in [-0.39, 0.29) is 18.6 Å². The van der Waals surface area contributed by atoms with Gasteiger partial charge in [0.05, 0.1) is 23.4 Å². The van der Waals surface area contributed by atoms with E-state index in [1.54, 1.807) is 24.8 Å². The third kappa shape index (κ3) is 5.76. The van der Waals surface area contributed by atoms with E-state index in [2.05, 4.69) is 15.3 Å². The number of pyridine rings is 1. The van der Waals surface area contributed by atoms with Gasteiger partial charge in [0, 0.05) is 20.6 Å². The Bertz CT molecular complexity index is 1200. The lowest BCUT2D eigenvalue weighted by Crippen LogP contribution is -2.27. The summed E-state index contributed by atoms with van der Waals surface area (Å²) in [6, 6.07) is 13.3. The van der Waals surface area contributed by atoms with E-state index in [9.17, 15) is 14.7 Å². The lowest BCUT2D eigenvalue weighted by atomic mass is 10.1. The van der Waals surface area contributed by atoms with Crippen LogP contribution in [0, 0.1) is 12.8 Å². The van der Waals surface area contributed by atoms with Crippen molar-refractivity contribution in [2.45, 2.75) is 45.4 Å². The largest absolute Gasteiger partial charge is 0.489 e. The third-order valence-electron chi connectivity index (χ3n) is 6.16. The molecule has 0 aliphatic heterocycles. The normalized spacial score (nSPS) is 17.2. The van der Waals surface area contributed by atoms with Crippen LogP contribution >= 0.6 is 0 Å². The first kappa shape index (κ1) is 24.2. The molecule has 2 atom stereocenters. The molecule has 2 aromatic heterocycles. The SMILES string of the molecule is Cc1nc(-c2nnn(C)c2COC(=O)N(C)Cc2ccccc2)ccc1OC1CC[C@H](C(=O)O)C1. The van der Waals surface area contributed by atoms with E-state index in [1.165, 1.54) is 4.90 Å². The van der Waals surface area contributed by atoms with Crippen LogP contribution in [0.2, 0.25) is 0 Å². The molecule has 184 valence electrons. The predicted molar refractivity (Wildman–Crippen MR) is 126 cm³/mol. The summed E-state index contributed by atoms with van der Waals surface area (Å²) in [5, 5.41) is 17.5. The first-order valence-electron chi connectivity index (χ1n) is 11.5. The Balaban J connectivity index is 1.41. The zero-order valence-corrected chi connectivity index (χ0v) is 20.0. The minimum Gasteiger partial charge on any atom is -0.489 e. The number of carbonyl (C=O) groups is 2. The summed E-state index contributed by atoms with van der Waals surface area (Å²) in [6.07, 6.45) is 1.23. The number of rotatable bonds is 8. The number of amides is 1. The van der Waals surface area contributed by atoms with Crippen LogP contribution in [0.25, 0.3) is 11.4 Å². The molecule has 1 aromatic carbocycles. The van der Waals surface area contributed by atoms with Gasteiger partial charge >= 0.3 is 12.1 Å². The fraction of sp³-hybridized carbons (Fsp3) is 0.400. The second kappa shape index (κ2) is 10.5. The Morgan fingerprint density at radius 3 is 2.63 bits per heavy atom. The lowest BCUT2D eigenvalue weighted by molar-refractivity contribution is -0.141. The van der Waals surface area contributed by atoms with Gasteiger partial charge in [0.15, 0.2) is 0 Å². The number of hydrogen-bond donors (Lipinski definition) is 1. The minimum atomic E-state index is -0.775. The molecular weight excluding hydrogens is 450 g/mol. The van der Waals surface area contributed by atoms with Crippen molar-refractivity contribution >= 4 is 12.1 Å². The third-order valence-corrected chi connectivity index (χ3v) is 6.16. The van der Waals surface area contributed by atoms with Crippen LogP contribution in [0.4, 0.5) is 4.79 Å². The maximum atomic E-state index is 12.5. The first-order chi connectivity index (χ1) is 16.8. The lowest BCUT2D eigenvalue weighted by Gasteiger charge is -2.17. The Morgan fingerprint density at radius 1 is 1.17 bits per heavy atom. The summed E-state index contributed by atoms with van der Waals surface area (Å²) in [7, 11) is 3.42. The van der Waals surface area contributed by atoms with Crippen molar-refractivity contribution in [2.75, 3.05) is 7.05 Å². The molecule has 1 N–H and O–H groups in total. The van der Waals surface area contributed by atoms with E-state index < -0.39 is 12.1 Å². The van der Waals surface area contributed by atoms with Gasteiger partial charge in [-0.3, -0.25) is 4.79 Å². The van der Waals surface area contributed by atoms with Crippen molar-refractivity contribution in [1.29, 1.82) is 0 Å². The zero-order valence-electron chi connectivity index (χ0n) is 20.0. The maximum absolute atomic E-state index is 12.5. The fourth-order valence-electron chi connectivity index (χ4n) is 4.16. The number of hydrogen-bond acceptors (Lipinski definition) is 7. The van der Waals surface area contributed by atoms with Crippen LogP contribution in [-0.4, -0.2) is 55.2 Å². The topological polar surface area (TPSA) is 120 Å². The maximum Gasteiger partial charge on any atom is 0.410 e. The van der Waals surface area contributed by atoms with Crippen molar-refractivity contribution in [1.82, 2.24) is 24.9 Å². The molecule has 1 saturated carbocycles. The van der Waals surface area contributed by atoms with E-state index >= 15 is 0 Å². The molecule has 10 heteroatoms. The van der Waals surface area contributed by atoms with Gasteiger partial charge < -0.3 is 19.5 Å². The predicted octanol–water partition coefficient (Wildman–Crippen LogP) is 3.59. The van der Waals surface area contributed by atoms with Gasteiger partial charge in [0.25, 0.3) is 0 Å². The molecule has 0 saturated heterocycles. The van der Waals surface area contributed by atoms with Gasteiger partial charge in [-0.15, -0.1) is 5.10 Å². The number of ether oxygens (including phenoxy) is 2. The molecule has 4 rings (SSSR count). The molecule has 0 spiro atoms. The number of carbonyl (C=O) groups excluding carboxylic acids is 1. The molecular formula is C25H29N5O5. The fourth-order valence-corrected chi connectivity index (χ4v) is 4.16. The van der Waals surface area contributed by atoms with Gasteiger partial charge in [-0.25, -0.2) is 14.5 Å². The first-order valence-corrected chi connectivity index (χ1v) is 11.5. The van der Waals surface area contributed by atoms with Gasteiger partial charge in [-0.2, -0.15) is 0 Å². The Morgan fingerprint density at radius 2 is 1.94 bits per heavy atom. The van der Waals surface area contributed by atoms with E-state index in [4.69, 9.17) is 9.47 Å². The summed E-state index contributed by atoms with van der Waals surface area (Å²) in [4.78, 5) is 29.8. The summed E-state index contributed by atoms with van der Waals surface area (Å²) >= 11 is 0. The van der Waals surface area contributed by atoms with Gasteiger partial charge in [-0.1, -0.05) is 35.5 Å². The van der Waals surface area contributed by atoms with Crippen LogP contribution in [0.5, 0.6) is 5.75 Å². The average molecular weight is 480 g/mol. The highest BCUT2D eigenvalue weighted by Crippen LogP contribution is 2.31. The van der Waals surface area contributed by atoms with E-state index in [0.29, 0.717) is 54.3 Å². The molecule has 2 heterocycles. The Hall–Kier alpha value is -3.95. The quantitative estimate of drug-likeness (QED) is 0.521. The average Bonchev–Trinajstić information content (AvgIpc) is 3.46. The second-order valence-electron chi connectivity index (χ2n) is 8.77.